The topological polar surface area (TPSA) is 92.2 Å². The molecule has 1 aromatic carbocycles. The molecule has 2 N–H and O–H groups in total. The van der Waals surface area contributed by atoms with Crippen LogP contribution in [0.1, 0.15) is 115 Å². The van der Waals surface area contributed by atoms with Gasteiger partial charge in [0.1, 0.15) is 5.51 Å². The molecule has 46 heavy (non-hydrogen) atoms. The van der Waals surface area contributed by atoms with Crippen molar-refractivity contribution in [2.75, 3.05) is 5.32 Å². The van der Waals surface area contributed by atoms with Crippen LogP contribution in [0.2, 0.25) is 0 Å². The Morgan fingerprint density at radius 1 is 0.935 bits per heavy atom. The number of carboxylic acid groups (broad SMARTS) is 1. The van der Waals surface area contributed by atoms with E-state index < -0.39 is 5.97 Å². The molecule has 5 aliphatic rings. The molecule has 3 unspecified atom stereocenters. The summed E-state index contributed by atoms with van der Waals surface area (Å²) in [5, 5.41) is 21.4. The van der Waals surface area contributed by atoms with E-state index in [1.165, 1.54) is 48.2 Å². The van der Waals surface area contributed by atoms with Gasteiger partial charge in [-0.1, -0.05) is 76.3 Å². The van der Waals surface area contributed by atoms with E-state index >= 15 is 0 Å². The van der Waals surface area contributed by atoms with Crippen molar-refractivity contribution in [3.63, 3.8) is 0 Å². The zero-order valence-corrected chi connectivity index (χ0v) is 29.3. The van der Waals surface area contributed by atoms with Crippen LogP contribution in [0.4, 0.5) is 5.13 Å². The van der Waals surface area contributed by atoms with Gasteiger partial charge in [-0.15, -0.1) is 10.2 Å². The lowest BCUT2D eigenvalue weighted by atomic mass is 9.32. The fourth-order valence-corrected chi connectivity index (χ4v) is 13.3. The molecule has 7 heteroatoms. The van der Waals surface area contributed by atoms with Crippen molar-refractivity contribution < 1.29 is 14.7 Å². The lowest BCUT2D eigenvalue weighted by Gasteiger charge is -2.72. The molecule has 0 spiro atoms. The summed E-state index contributed by atoms with van der Waals surface area (Å²) in [6.07, 6.45) is 12.4. The molecule has 2 aromatic rings. The van der Waals surface area contributed by atoms with Gasteiger partial charge in [0.15, 0.2) is 0 Å². The van der Waals surface area contributed by atoms with Gasteiger partial charge in [-0.05, 0) is 139 Å². The number of allylic oxidation sites excluding steroid dienone is 3. The highest BCUT2D eigenvalue weighted by Gasteiger charge is 2.71. The zero-order chi connectivity index (χ0) is 32.9. The number of nitrogens with one attached hydrogen (secondary N) is 1. The van der Waals surface area contributed by atoms with Crippen molar-refractivity contribution in [1.29, 1.82) is 0 Å². The first-order valence-electron chi connectivity index (χ1n) is 17.5. The monoisotopic (exact) mass is 641 g/mol. The Bertz CT molecular complexity index is 1600. The highest BCUT2D eigenvalue weighted by molar-refractivity contribution is 7.13. The van der Waals surface area contributed by atoms with Gasteiger partial charge in [0.05, 0.1) is 11.0 Å². The molecule has 0 radical (unpaired) electrons. The van der Waals surface area contributed by atoms with Crippen LogP contribution in [0, 0.1) is 56.7 Å². The number of anilines is 1. The van der Waals surface area contributed by atoms with E-state index in [9.17, 15) is 14.7 Å². The molecule has 0 bridgehead atoms. The van der Waals surface area contributed by atoms with E-state index in [1.54, 1.807) is 17.6 Å². The summed E-state index contributed by atoms with van der Waals surface area (Å²) in [5.41, 5.74) is 5.93. The summed E-state index contributed by atoms with van der Waals surface area (Å²) < 4.78 is 0. The average molecular weight is 642 g/mol. The van der Waals surface area contributed by atoms with E-state index in [4.69, 9.17) is 0 Å². The van der Waals surface area contributed by atoms with Gasteiger partial charge >= 0.3 is 5.97 Å². The molecule has 1 amide bonds. The summed E-state index contributed by atoms with van der Waals surface area (Å²) in [7, 11) is 0. The van der Waals surface area contributed by atoms with E-state index in [0.29, 0.717) is 40.3 Å². The normalized spacial score (nSPS) is 40.8. The quantitative estimate of drug-likeness (QED) is 0.317. The highest BCUT2D eigenvalue weighted by atomic mass is 32.1. The standard InChI is InChI=1S/C39H51N3O3S/c1-23(2)26-14-19-39(33(45)41-34-42-40-22-46-34)21-20-37(6)28(31(26)39)12-13-30-36(5)17-15-27(24-8-10-25(11-9-24)32(43)44)35(3,4)29(36)16-18-38(30,37)7/h8-11,15,22,26,28-31H,1,12-14,16-21H2,2-7H3,(H,43,44)(H,41,42,45)/t26-,28+,29?,30?,31?,36-,37+,38+,39-/m0/s1. The van der Waals surface area contributed by atoms with E-state index in [1.807, 2.05) is 12.1 Å². The number of aromatic carboxylic acids is 1. The SMILES string of the molecule is C=C(C)[C@@H]1CC[C@]2(C(=O)Nc3nncs3)CC[C@]3(C)[C@H](CCC4[C@@]5(C)CC=C(c6ccc(C(=O)O)cc6)C(C)(C)C5CC[C@]43C)C12. The van der Waals surface area contributed by atoms with Gasteiger partial charge in [0, 0.05) is 0 Å². The molecular weight excluding hydrogens is 591 g/mol. The molecule has 1 heterocycles. The van der Waals surface area contributed by atoms with Crippen molar-refractivity contribution in [2.45, 2.75) is 99.3 Å². The van der Waals surface area contributed by atoms with Crippen LogP contribution in [0.5, 0.6) is 0 Å². The van der Waals surface area contributed by atoms with Crippen molar-refractivity contribution >= 4 is 33.9 Å². The molecule has 246 valence electrons. The third kappa shape index (κ3) is 4.25. The minimum atomic E-state index is -0.878. The average Bonchev–Trinajstić information content (AvgIpc) is 3.66. The minimum absolute atomic E-state index is 0.0161. The molecule has 9 atom stereocenters. The van der Waals surface area contributed by atoms with Crippen molar-refractivity contribution in [2.24, 2.45) is 56.7 Å². The van der Waals surface area contributed by atoms with E-state index in [0.717, 1.165) is 37.7 Å². The summed E-state index contributed by atoms with van der Waals surface area (Å²) in [5.74, 6) is 1.61. The summed E-state index contributed by atoms with van der Waals surface area (Å²) in [6.45, 7) is 19.4. The molecule has 5 aliphatic carbocycles. The fraction of sp³-hybridized carbons (Fsp3) is 0.641. The maximum absolute atomic E-state index is 14.3. The van der Waals surface area contributed by atoms with Crippen molar-refractivity contribution in [3.05, 3.63) is 59.1 Å². The van der Waals surface area contributed by atoms with Gasteiger partial charge in [0.25, 0.3) is 0 Å². The molecule has 4 fully saturated rings. The Morgan fingerprint density at radius 3 is 2.33 bits per heavy atom. The number of benzene rings is 1. The Morgan fingerprint density at radius 2 is 1.67 bits per heavy atom. The largest absolute Gasteiger partial charge is 0.478 e. The second-order valence-electron chi connectivity index (χ2n) is 17.0. The van der Waals surface area contributed by atoms with Crippen molar-refractivity contribution in [3.8, 4) is 0 Å². The van der Waals surface area contributed by atoms with Crippen LogP contribution >= 0.6 is 11.3 Å². The Hall–Kier alpha value is -2.80. The number of aromatic nitrogens is 2. The molecule has 0 aliphatic heterocycles. The number of carbonyl (C=O) groups is 2. The lowest BCUT2D eigenvalue weighted by molar-refractivity contribution is -0.224. The second-order valence-corrected chi connectivity index (χ2v) is 17.8. The Balaban J connectivity index is 1.23. The van der Waals surface area contributed by atoms with Gasteiger partial charge in [-0.3, -0.25) is 4.79 Å². The van der Waals surface area contributed by atoms with Crippen molar-refractivity contribution in [1.82, 2.24) is 10.2 Å². The number of rotatable bonds is 5. The highest BCUT2D eigenvalue weighted by Crippen LogP contribution is 2.77. The third-order valence-electron chi connectivity index (χ3n) is 15.1. The first-order chi connectivity index (χ1) is 21.7. The maximum Gasteiger partial charge on any atom is 0.335 e. The first-order valence-corrected chi connectivity index (χ1v) is 18.3. The van der Waals surface area contributed by atoms with Crippen LogP contribution < -0.4 is 5.32 Å². The van der Waals surface area contributed by atoms with Gasteiger partial charge < -0.3 is 10.4 Å². The minimum Gasteiger partial charge on any atom is -0.478 e. The zero-order valence-electron chi connectivity index (χ0n) is 28.5. The molecular formula is C39H51N3O3S. The molecule has 4 saturated carbocycles. The number of carbonyl (C=O) groups excluding carboxylic acids is 1. The smallest absolute Gasteiger partial charge is 0.335 e. The Labute approximate surface area is 278 Å². The first kappa shape index (κ1) is 31.8. The van der Waals surface area contributed by atoms with Gasteiger partial charge in [-0.25, -0.2) is 4.79 Å². The number of hydrogen-bond acceptors (Lipinski definition) is 5. The van der Waals surface area contributed by atoms with Crippen LogP contribution in [-0.4, -0.2) is 27.2 Å². The summed E-state index contributed by atoms with van der Waals surface area (Å²) >= 11 is 1.40. The number of nitrogens with zero attached hydrogens (tertiary/aromatic N) is 2. The molecule has 7 rings (SSSR count). The van der Waals surface area contributed by atoms with Crippen LogP contribution in [0.15, 0.2) is 48.0 Å². The van der Waals surface area contributed by atoms with Gasteiger partial charge in [0.2, 0.25) is 11.0 Å². The van der Waals surface area contributed by atoms with Crippen LogP contribution in [-0.2, 0) is 4.79 Å². The fourth-order valence-electron chi connectivity index (χ4n) is 12.9. The molecule has 6 nitrogen and oxygen atoms in total. The lowest BCUT2D eigenvalue weighted by Crippen LogP contribution is -2.66. The maximum atomic E-state index is 14.3. The number of fused-ring (bicyclic) bond motifs is 7. The Kier molecular flexibility index (Phi) is 7.32. The molecule has 0 saturated heterocycles. The second kappa shape index (κ2) is 10.6. The van der Waals surface area contributed by atoms with Crippen LogP contribution in [0.3, 0.4) is 0 Å². The number of hydrogen-bond donors (Lipinski definition) is 2. The molecule has 1 aromatic heterocycles. The predicted octanol–water partition coefficient (Wildman–Crippen LogP) is 9.53. The predicted molar refractivity (Wildman–Crippen MR) is 184 cm³/mol. The van der Waals surface area contributed by atoms with Gasteiger partial charge in [-0.2, -0.15) is 0 Å². The third-order valence-corrected chi connectivity index (χ3v) is 15.7. The van der Waals surface area contributed by atoms with E-state index in [2.05, 4.69) is 69.7 Å². The summed E-state index contributed by atoms with van der Waals surface area (Å²) in [4.78, 5) is 25.8. The summed E-state index contributed by atoms with van der Waals surface area (Å²) in [6, 6.07) is 7.52. The number of carboxylic acids is 1. The van der Waals surface area contributed by atoms with Crippen LogP contribution in [0.25, 0.3) is 5.57 Å². The number of amides is 1. The van der Waals surface area contributed by atoms with E-state index in [-0.39, 0.29) is 33.0 Å².